The summed E-state index contributed by atoms with van der Waals surface area (Å²) in [5.74, 6) is 0.425. The Kier molecular flexibility index (Phi) is 5.36. The Morgan fingerprint density at radius 2 is 2.04 bits per heavy atom. The summed E-state index contributed by atoms with van der Waals surface area (Å²) in [7, 11) is -3.16. The highest BCUT2D eigenvalue weighted by molar-refractivity contribution is 7.90. The van der Waals surface area contributed by atoms with E-state index in [0.29, 0.717) is 18.5 Å². The molecule has 2 aromatic rings. The van der Waals surface area contributed by atoms with Crippen molar-refractivity contribution in [3.05, 3.63) is 18.3 Å². The molecule has 0 spiro atoms. The van der Waals surface area contributed by atoms with Gasteiger partial charge in [0.25, 0.3) is 0 Å². The summed E-state index contributed by atoms with van der Waals surface area (Å²) in [4.78, 5) is 9.84. The van der Waals surface area contributed by atoms with Gasteiger partial charge in [-0.3, -0.25) is 0 Å². The van der Waals surface area contributed by atoms with Crippen LogP contribution in [-0.2, 0) is 10.0 Å². The maximum atomic E-state index is 11.8. The van der Waals surface area contributed by atoms with E-state index in [2.05, 4.69) is 20.0 Å². The zero-order valence-corrected chi connectivity index (χ0v) is 15.7. The van der Waals surface area contributed by atoms with E-state index in [4.69, 9.17) is 0 Å². The van der Waals surface area contributed by atoms with Gasteiger partial charge in [-0.2, -0.15) is 0 Å². The van der Waals surface area contributed by atoms with E-state index in [1.54, 1.807) is 31.4 Å². The maximum Gasteiger partial charge on any atom is 0.213 e. The van der Waals surface area contributed by atoms with E-state index in [1.165, 1.54) is 0 Å². The number of fused-ring (bicyclic) bond motifs is 1. The van der Waals surface area contributed by atoms with Gasteiger partial charge in [-0.1, -0.05) is 11.3 Å². The lowest BCUT2D eigenvalue weighted by Crippen LogP contribution is -2.37. The summed E-state index contributed by atoms with van der Waals surface area (Å²) in [6, 6.07) is 4.28. The van der Waals surface area contributed by atoms with Gasteiger partial charge in [-0.05, 0) is 57.6 Å². The quantitative estimate of drug-likeness (QED) is 0.819. The van der Waals surface area contributed by atoms with Crippen LogP contribution in [0.15, 0.2) is 18.3 Å². The van der Waals surface area contributed by atoms with Crippen LogP contribution in [0, 0.1) is 5.92 Å². The molecule has 8 heteroatoms. The van der Waals surface area contributed by atoms with Gasteiger partial charge in [0.05, 0.1) is 5.25 Å². The normalized spacial score (nSPS) is 22.1. The molecule has 0 amide bonds. The molecule has 0 unspecified atom stereocenters. The Morgan fingerprint density at radius 1 is 1.29 bits per heavy atom. The second-order valence-electron chi connectivity index (χ2n) is 6.65. The first-order valence-electron chi connectivity index (χ1n) is 8.40. The van der Waals surface area contributed by atoms with E-state index < -0.39 is 10.0 Å². The Hall–Kier alpha value is -1.25. The number of rotatable bonds is 6. The average molecular weight is 369 g/mol. The highest BCUT2D eigenvalue weighted by Crippen LogP contribution is 2.29. The summed E-state index contributed by atoms with van der Waals surface area (Å²) in [6.07, 6.45) is 5.92. The Bertz CT molecular complexity index is 747. The number of nitrogens with one attached hydrogen (secondary N) is 2. The van der Waals surface area contributed by atoms with Gasteiger partial charge in [0.1, 0.15) is 10.3 Å². The summed E-state index contributed by atoms with van der Waals surface area (Å²) in [5.41, 5.74) is 0.932. The minimum Gasteiger partial charge on any atom is -0.359 e. The molecule has 24 heavy (non-hydrogen) atoms. The number of aromatic nitrogens is 2. The van der Waals surface area contributed by atoms with Crippen LogP contribution in [-0.4, -0.2) is 36.2 Å². The lowest BCUT2D eigenvalue weighted by atomic mass is 9.86. The number of sulfonamides is 1. The van der Waals surface area contributed by atoms with Crippen molar-refractivity contribution < 1.29 is 8.42 Å². The van der Waals surface area contributed by atoms with Gasteiger partial charge in [0, 0.05) is 18.8 Å². The standard InChI is InChI=1S/C16H24N4O2S2/c1-11(2)24(21,22)18-10-12-5-7-13(8-6-12)19-16-20-14-4-3-9-17-15(14)23-16/h3-4,9,11-13,18H,5-8,10H2,1-2H3,(H,19,20)/t12-,13-. The van der Waals surface area contributed by atoms with Crippen LogP contribution in [0.1, 0.15) is 39.5 Å². The summed E-state index contributed by atoms with van der Waals surface area (Å²) >= 11 is 1.58. The first kappa shape index (κ1) is 17.6. The molecule has 2 N–H and O–H groups in total. The molecule has 132 valence electrons. The molecule has 6 nitrogen and oxygen atoms in total. The van der Waals surface area contributed by atoms with Gasteiger partial charge in [-0.15, -0.1) is 0 Å². The van der Waals surface area contributed by atoms with Crippen LogP contribution in [0.5, 0.6) is 0 Å². The predicted molar refractivity (Wildman–Crippen MR) is 98.8 cm³/mol. The van der Waals surface area contributed by atoms with E-state index in [-0.39, 0.29) is 5.25 Å². The third-order valence-electron chi connectivity index (χ3n) is 4.53. The van der Waals surface area contributed by atoms with Gasteiger partial charge < -0.3 is 5.32 Å². The number of hydrogen-bond donors (Lipinski definition) is 2. The second kappa shape index (κ2) is 7.33. The van der Waals surface area contributed by atoms with Gasteiger partial charge in [-0.25, -0.2) is 23.1 Å². The van der Waals surface area contributed by atoms with Crippen molar-refractivity contribution in [2.45, 2.75) is 50.8 Å². The third-order valence-corrected chi connectivity index (χ3v) is 7.26. The molecular weight excluding hydrogens is 344 g/mol. The van der Waals surface area contributed by atoms with E-state index >= 15 is 0 Å². The number of nitrogens with zero attached hydrogens (tertiary/aromatic N) is 2. The molecule has 0 bridgehead atoms. The Morgan fingerprint density at radius 3 is 2.71 bits per heavy atom. The van der Waals surface area contributed by atoms with Gasteiger partial charge in [0.15, 0.2) is 5.13 Å². The number of thiazole rings is 1. The fourth-order valence-corrected chi connectivity index (χ4v) is 4.60. The van der Waals surface area contributed by atoms with Crippen molar-refractivity contribution in [1.82, 2.24) is 14.7 Å². The zero-order valence-electron chi connectivity index (χ0n) is 14.0. The molecule has 1 fully saturated rings. The molecule has 1 aliphatic rings. The molecule has 1 aliphatic carbocycles. The fraction of sp³-hybridized carbons (Fsp3) is 0.625. The van der Waals surface area contributed by atoms with Crippen LogP contribution in [0.4, 0.5) is 5.13 Å². The molecule has 2 aromatic heterocycles. The van der Waals surface area contributed by atoms with Crippen molar-refractivity contribution in [2.24, 2.45) is 5.92 Å². The second-order valence-corrected chi connectivity index (χ2v) is 9.95. The third kappa shape index (κ3) is 4.23. The lowest BCUT2D eigenvalue weighted by Gasteiger charge is -2.29. The van der Waals surface area contributed by atoms with Crippen molar-refractivity contribution in [2.75, 3.05) is 11.9 Å². The van der Waals surface area contributed by atoms with Crippen molar-refractivity contribution in [3.63, 3.8) is 0 Å². The van der Waals surface area contributed by atoms with Crippen LogP contribution < -0.4 is 10.0 Å². The van der Waals surface area contributed by atoms with E-state index in [9.17, 15) is 8.42 Å². The molecule has 3 rings (SSSR count). The summed E-state index contributed by atoms with van der Waals surface area (Å²) in [5, 5.41) is 4.06. The lowest BCUT2D eigenvalue weighted by molar-refractivity contribution is 0.337. The molecular formula is C16H24N4O2S2. The smallest absolute Gasteiger partial charge is 0.213 e. The first-order chi connectivity index (χ1) is 11.4. The van der Waals surface area contributed by atoms with Crippen LogP contribution in [0.2, 0.25) is 0 Å². The highest BCUT2D eigenvalue weighted by Gasteiger charge is 2.24. The van der Waals surface area contributed by atoms with Gasteiger partial charge >= 0.3 is 0 Å². The molecule has 0 aromatic carbocycles. The number of pyridine rings is 1. The maximum absolute atomic E-state index is 11.8. The summed E-state index contributed by atoms with van der Waals surface area (Å²) in [6.45, 7) is 3.96. The SMILES string of the molecule is CC(C)S(=O)(=O)NC[C@H]1CC[C@H](Nc2nc3cccnc3s2)CC1. The number of hydrogen-bond acceptors (Lipinski definition) is 6. The number of anilines is 1. The fourth-order valence-electron chi connectivity index (χ4n) is 2.92. The Labute approximate surface area is 147 Å². The van der Waals surface area contributed by atoms with Crippen LogP contribution in [0.25, 0.3) is 10.3 Å². The van der Waals surface area contributed by atoms with Crippen molar-refractivity contribution in [1.29, 1.82) is 0 Å². The van der Waals surface area contributed by atoms with Gasteiger partial charge in [0.2, 0.25) is 10.0 Å². The van der Waals surface area contributed by atoms with E-state index in [1.807, 2.05) is 12.1 Å². The van der Waals surface area contributed by atoms with Crippen molar-refractivity contribution in [3.8, 4) is 0 Å². The molecule has 0 saturated heterocycles. The molecule has 2 heterocycles. The van der Waals surface area contributed by atoms with Crippen LogP contribution >= 0.6 is 11.3 Å². The largest absolute Gasteiger partial charge is 0.359 e. The minimum atomic E-state index is -3.16. The zero-order chi connectivity index (χ0) is 17.2. The van der Waals surface area contributed by atoms with Crippen molar-refractivity contribution >= 4 is 36.8 Å². The predicted octanol–water partition coefficient (Wildman–Crippen LogP) is 2.99. The average Bonchev–Trinajstić information content (AvgIpc) is 2.96. The minimum absolute atomic E-state index is 0.372. The molecule has 0 atom stereocenters. The van der Waals surface area contributed by atoms with E-state index in [0.717, 1.165) is 41.2 Å². The molecule has 1 saturated carbocycles. The Balaban J connectivity index is 1.48. The molecule has 0 aliphatic heterocycles. The first-order valence-corrected chi connectivity index (χ1v) is 10.8. The molecule has 0 radical (unpaired) electrons. The summed E-state index contributed by atoms with van der Waals surface area (Å²) < 4.78 is 26.4. The van der Waals surface area contributed by atoms with Crippen LogP contribution in [0.3, 0.4) is 0 Å². The highest BCUT2D eigenvalue weighted by atomic mass is 32.2. The topological polar surface area (TPSA) is 84.0 Å². The monoisotopic (exact) mass is 368 g/mol.